The summed E-state index contributed by atoms with van der Waals surface area (Å²) in [5.74, 6) is -0.308. The zero-order chi connectivity index (χ0) is 17.7. The van der Waals surface area contributed by atoms with Gasteiger partial charge in [-0.2, -0.15) is 5.10 Å². The van der Waals surface area contributed by atoms with E-state index in [9.17, 15) is 20.0 Å². The minimum absolute atomic E-state index is 0.0538. The second-order valence-corrected chi connectivity index (χ2v) is 4.89. The molecular weight excluding hydrogens is 314 g/mol. The van der Waals surface area contributed by atoms with Crippen LogP contribution in [0.15, 0.2) is 41.5 Å². The van der Waals surface area contributed by atoms with Crippen molar-refractivity contribution < 1.29 is 19.6 Å². The van der Waals surface area contributed by atoms with Gasteiger partial charge in [0.15, 0.2) is 11.5 Å². The normalized spacial score (nSPS) is 10.6. The van der Waals surface area contributed by atoms with Crippen LogP contribution < -0.4 is 10.2 Å². The van der Waals surface area contributed by atoms with Crippen LogP contribution in [0.3, 0.4) is 0 Å². The van der Waals surface area contributed by atoms with Crippen LogP contribution in [-0.2, 0) is 0 Å². The number of carbonyl (C=O) groups excluding carboxylic acids is 1. The minimum atomic E-state index is -0.577. The van der Waals surface area contributed by atoms with Gasteiger partial charge in [-0.3, -0.25) is 14.9 Å². The van der Waals surface area contributed by atoms with E-state index in [1.807, 2.05) is 0 Å². The molecule has 2 aromatic rings. The molecule has 0 radical (unpaired) electrons. The van der Waals surface area contributed by atoms with Gasteiger partial charge in [0.25, 0.3) is 11.6 Å². The summed E-state index contributed by atoms with van der Waals surface area (Å²) in [6, 6.07) is 8.79. The second-order valence-electron chi connectivity index (χ2n) is 4.89. The lowest BCUT2D eigenvalue weighted by Crippen LogP contribution is -2.17. The quantitative estimate of drug-likeness (QED) is 0.496. The summed E-state index contributed by atoms with van der Waals surface area (Å²) in [6.07, 6.45) is 1.33. The number of ether oxygens (including phenoxy) is 1. The van der Waals surface area contributed by atoms with Gasteiger partial charge in [-0.05, 0) is 36.8 Å². The molecule has 0 aliphatic rings. The number of hydrazone groups is 1. The molecule has 0 heterocycles. The Kier molecular flexibility index (Phi) is 5.10. The van der Waals surface area contributed by atoms with Gasteiger partial charge in [0.1, 0.15) is 0 Å². The number of nitro benzene ring substituents is 1. The fourth-order valence-corrected chi connectivity index (χ4v) is 1.96. The molecule has 8 nitrogen and oxygen atoms in total. The summed E-state index contributed by atoms with van der Waals surface area (Å²) in [5, 5.41) is 24.3. The summed E-state index contributed by atoms with van der Waals surface area (Å²) in [6.45, 7) is 1.59. The van der Waals surface area contributed by atoms with Gasteiger partial charge in [-0.1, -0.05) is 6.07 Å². The van der Waals surface area contributed by atoms with Crippen molar-refractivity contribution in [3.05, 3.63) is 63.2 Å². The number of benzene rings is 2. The van der Waals surface area contributed by atoms with Crippen LogP contribution in [0.5, 0.6) is 11.5 Å². The average Bonchev–Trinajstić information content (AvgIpc) is 2.55. The van der Waals surface area contributed by atoms with E-state index in [4.69, 9.17) is 4.74 Å². The lowest BCUT2D eigenvalue weighted by atomic mass is 10.1. The molecule has 8 heteroatoms. The molecule has 0 spiro atoms. The number of aromatic hydroxyl groups is 1. The maximum atomic E-state index is 12.0. The van der Waals surface area contributed by atoms with Crippen LogP contribution >= 0.6 is 0 Å². The maximum Gasteiger partial charge on any atom is 0.273 e. The molecule has 0 aromatic heterocycles. The molecule has 124 valence electrons. The first-order valence-corrected chi connectivity index (χ1v) is 6.88. The Morgan fingerprint density at radius 1 is 1.33 bits per heavy atom. The van der Waals surface area contributed by atoms with Gasteiger partial charge >= 0.3 is 0 Å². The number of aryl methyl sites for hydroxylation is 1. The van der Waals surface area contributed by atoms with Gasteiger partial charge in [-0.25, -0.2) is 5.43 Å². The number of hydrogen-bond donors (Lipinski definition) is 2. The standard InChI is InChI=1S/C16H15N3O5/c1-10-3-5-12(8-13(10)19(22)23)16(21)18-17-9-11-4-6-15(24-2)14(20)7-11/h3-9,20H,1-2H3,(H,18,21). The lowest BCUT2D eigenvalue weighted by molar-refractivity contribution is -0.385. The Balaban J connectivity index is 2.09. The van der Waals surface area contributed by atoms with E-state index in [-0.39, 0.29) is 17.0 Å². The topological polar surface area (TPSA) is 114 Å². The van der Waals surface area contributed by atoms with Crippen LogP contribution in [0.1, 0.15) is 21.5 Å². The molecule has 0 aliphatic heterocycles. The third-order valence-electron chi connectivity index (χ3n) is 3.25. The van der Waals surface area contributed by atoms with Crippen molar-refractivity contribution in [2.45, 2.75) is 6.92 Å². The van der Waals surface area contributed by atoms with Gasteiger partial charge in [0.2, 0.25) is 0 Å². The zero-order valence-electron chi connectivity index (χ0n) is 13.0. The van der Waals surface area contributed by atoms with E-state index < -0.39 is 10.8 Å². The fraction of sp³-hybridized carbons (Fsp3) is 0.125. The Hall–Kier alpha value is -3.42. The van der Waals surface area contributed by atoms with Crippen molar-refractivity contribution in [2.24, 2.45) is 5.10 Å². The Labute approximate surface area is 137 Å². The van der Waals surface area contributed by atoms with Crippen LogP contribution in [0.2, 0.25) is 0 Å². The summed E-state index contributed by atoms with van der Waals surface area (Å²) < 4.78 is 4.92. The number of amides is 1. The van der Waals surface area contributed by atoms with E-state index in [1.165, 1.54) is 37.6 Å². The first-order chi connectivity index (χ1) is 11.4. The van der Waals surface area contributed by atoms with Crippen molar-refractivity contribution in [3.63, 3.8) is 0 Å². The predicted molar refractivity (Wildman–Crippen MR) is 87.6 cm³/mol. The largest absolute Gasteiger partial charge is 0.504 e. The SMILES string of the molecule is COc1ccc(C=NNC(=O)c2ccc(C)c([N+](=O)[O-])c2)cc1O. The summed E-state index contributed by atoms with van der Waals surface area (Å²) in [5.41, 5.74) is 3.28. The van der Waals surface area contributed by atoms with Gasteiger partial charge in [0, 0.05) is 17.2 Å². The van der Waals surface area contributed by atoms with E-state index in [2.05, 4.69) is 10.5 Å². The number of nitrogens with zero attached hydrogens (tertiary/aromatic N) is 2. The number of rotatable bonds is 5. The van der Waals surface area contributed by atoms with Crippen LogP contribution in [0, 0.1) is 17.0 Å². The number of carbonyl (C=O) groups is 1. The monoisotopic (exact) mass is 329 g/mol. The molecule has 1 amide bonds. The highest BCUT2D eigenvalue weighted by atomic mass is 16.6. The smallest absolute Gasteiger partial charge is 0.273 e. The molecular formula is C16H15N3O5. The summed E-state index contributed by atoms with van der Waals surface area (Å²) >= 11 is 0. The Morgan fingerprint density at radius 2 is 2.08 bits per heavy atom. The van der Waals surface area contributed by atoms with Crippen molar-refractivity contribution in [1.82, 2.24) is 5.43 Å². The lowest BCUT2D eigenvalue weighted by Gasteiger charge is -2.04. The Bertz CT molecular complexity index is 817. The van der Waals surface area contributed by atoms with E-state index in [1.54, 1.807) is 19.1 Å². The predicted octanol–water partition coefficient (Wildman–Crippen LogP) is 2.38. The first kappa shape index (κ1) is 16.9. The highest BCUT2D eigenvalue weighted by Gasteiger charge is 2.14. The molecule has 0 fully saturated rings. The number of hydrogen-bond acceptors (Lipinski definition) is 6. The van der Waals surface area contributed by atoms with E-state index in [0.717, 1.165) is 0 Å². The van der Waals surface area contributed by atoms with Crippen molar-refractivity contribution in [1.29, 1.82) is 0 Å². The van der Waals surface area contributed by atoms with E-state index >= 15 is 0 Å². The van der Waals surface area contributed by atoms with Crippen LogP contribution in [0.25, 0.3) is 0 Å². The van der Waals surface area contributed by atoms with E-state index in [0.29, 0.717) is 16.9 Å². The number of nitrogens with one attached hydrogen (secondary N) is 1. The molecule has 0 aliphatic carbocycles. The maximum absolute atomic E-state index is 12.0. The molecule has 2 N–H and O–H groups in total. The summed E-state index contributed by atoms with van der Waals surface area (Å²) in [7, 11) is 1.43. The number of phenols is 1. The Morgan fingerprint density at radius 3 is 2.71 bits per heavy atom. The van der Waals surface area contributed by atoms with Crippen molar-refractivity contribution in [2.75, 3.05) is 7.11 Å². The van der Waals surface area contributed by atoms with Crippen LogP contribution in [-0.4, -0.2) is 29.3 Å². The number of methoxy groups -OCH3 is 1. The number of nitro groups is 1. The van der Waals surface area contributed by atoms with Gasteiger partial charge in [-0.15, -0.1) is 0 Å². The highest BCUT2D eigenvalue weighted by Crippen LogP contribution is 2.25. The average molecular weight is 329 g/mol. The van der Waals surface area contributed by atoms with Crippen molar-refractivity contribution >= 4 is 17.8 Å². The first-order valence-electron chi connectivity index (χ1n) is 6.88. The highest BCUT2D eigenvalue weighted by molar-refractivity contribution is 5.95. The molecule has 0 saturated carbocycles. The molecule has 0 unspecified atom stereocenters. The molecule has 24 heavy (non-hydrogen) atoms. The molecule has 2 rings (SSSR count). The van der Waals surface area contributed by atoms with Gasteiger partial charge in [0.05, 0.1) is 18.2 Å². The molecule has 0 saturated heterocycles. The fourth-order valence-electron chi connectivity index (χ4n) is 1.96. The molecule has 0 bridgehead atoms. The third-order valence-corrected chi connectivity index (χ3v) is 3.25. The second kappa shape index (κ2) is 7.23. The van der Waals surface area contributed by atoms with Crippen molar-refractivity contribution in [3.8, 4) is 11.5 Å². The van der Waals surface area contributed by atoms with Gasteiger partial charge < -0.3 is 9.84 Å². The minimum Gasteiger partial charge on any atom is -0.504 e. The molecule has 2 aromatic carbocycles. The summed E-state index contributed by atoms with van der Waals surface area (Å²) in [4.78, 5) is 22.3. The third kappa shape index (κ3) is 3.86. The zero-order valence-corrected chi connectivity index (χ0v) is 13.0. The number of phenolic OH excluding ortho intramolecular Hbond substituents is 1. The molecule has 0 atom stereocenters. The van der Waals surface area contributed by atoms with Crippen LogP contribution in [0.4, 0.5) is 5.69 Å².